The Morgan fingerprint density at radius 3 is 1.54 bits per heavy atom. The minimum Gasteiger partial charge on any atom is -0.497 e. The van der Waals surface area contributed by atoms with Crippen LogP contribution in [0.15, 0.2) is 43.5 Å². The van der Waals surface area contributed by atoms with Gasteiger partial charge < -0.3 is 9.53 Å². The maximum atomic E-state index is 10.5. The van der Waals surface area contributed by atoms with E-state index in [0.29, 0.717) is 0 Å². The summed E-state index contributed by atoms with van der Waals surface area (Å²) in [5, 5.41) is 0. The zero-order valence-electron chi connectivity index (χ0n) is 16.2. The number of rotatable bonds is 3. The van der Waals surface area contributed by atoms with Crippen LogP contribution in [0, 0.1) is 5.92 Å². The van der Waals surface area contributed by atoms with E-state index in [9.17, 15) is 4.79 Å². The molecule has 142 valence electrons. The number of para-hydroxylation sites is 1. The topological polar surface area (TPSA) is 52.6 Å². The maximum Gasteiger partial charge on any atom is 0.118 e. The van der Waals surface area contributed by atoms with E-state index >= 15 is 0 Å². The number of esters is 1. The van der Waals surface area contributed by atoms with Gasteiger partial charge in [-0.3, -0.25) is 0 Å². The van der Waals surface area contributed by atoms with E-state index in [1.807, 2.05) is 44.0 Å². The van der Waals surface area contributed by atoms with Gasteiger partial charge in [0.25, 0.3) is 0 Å². The van der Waals surface area contributed by atoms with Crippen molar-refractivity contribution in [3.8, 4) is 5.75 Å². The second-order valence-corrected chi connectivity index (χ2v) is 7.72. The SMILES string of the molecule is C=C.C=O.CC(C)C.COC(=O)C(C)[I-]C.COc1ccccc1. The summed E-state index contributed by atoms with van der Waals surface area (Å²) >= 11 is 0.0235. The Morgan fingerprint density at radius 1 is 1.00 bits per heavy atom. The fourth-order valence-corrected chi connectivity index (χ4v) is 1.57. The summed E-state index contributed by atoms with van der Waals surface area (Å²) in [4.78, 5) is 20.6. The van der Waals surface area contributed by atoms with Gasteiger partial charge in [0.1, 0.15) is 12.5 Å². The second-order valence-electron chi connectivity index (χ2n) is 4.61. The van der Waals surface area contributed by atoms with E-state index in [1.54, 1.807) is 7.11 Å². The monoisotopic (exact) mass is 453 g/mol. The van der Waals surface area contributed by atoms with Gasteiger partial charge in [0, 0.05) is 0 Å². The van der Waals surface area contributed by atoms with E-state index in [4.69, 9.17) is 9.53 Å². The van der Waals surface area contributed by atoms with Crippen LogP contribution in [0.5, 0.6) is 5.75 Å². The summed E-state index contributed by atoms with van der Waals surface area (Å²) in [6, 6.07) is 9.68. The summed E-state index contributed by atoms with van der Waals surface area (Å²) in [5.74, 6) is 1.67. The molecule has 1 rings (SSSR count). The Hall–Kier alpha value is -1.37. The molecule has 1 unspecified atom stereocenters. The molecule has 1 atom stereocenters. The molecule has 0 aliphatic carbocycles. The number of carbonyl (C=O) groups is 2. The summed E-state index contributed by atoms with van der Waals surface area (Å²) in [6.07, 6.45) is 0. The number of benzene rings is 1. The van der Waals surface area contributed by atoms with Gasteiger partial charge in [-0.15, -0.1) is 13.2 Å². The summed E-state index contributed by atoms with van der Waals surface area (Å²) in [6.45, 7) is 16.4. The first-order chi connectivity index (χ1) is 11.4. The fourth-order valence-electron chi connectivity index (χ4n) is 0.808. The Bertz CT molecular complexity index is 351. The van der Waals surface area contributed by atoms with Gasteiger partial charge in [-0.25, -0.2) is 0 Å². The number of hydrogen-bond donors (Lipinski definition) is 0. The Kier molecular flexibility index (Phi) is 33.7. The number of ether oxygens (including phenoxy) is 2. The van der Waals surface area contributed by atoms with Crippen molar-refractivity contribution in [2.24, 2.45) is 5.92 Å². The molecule has 0 saturated carbocycles. The van der Waals surface area contributed by atoms with Crippen LogP contribution in [0.3, 0.4) is 0 Å². The largest absolute Gasteiger partial charge is 0.497 e. The average Bonchev–Trinajstić information content (AvgIpc) is 2.64. The summed E-state index contributed by atoms with van der Waals surface area (Å²) in [7, 11) is 3.09. The van der Waals surface area contributed by atoms with Gasteiger partial charge in [-0.1, -0.05) is 39.0 Å². The molecule has 0 aromatic heterocycles. The smallest absolute Gasteiger partial charge is 0.118 e. The van der Waals surface area contributed by atoms with Crippen molar-refractivity contribution in [3.63, 3.8) is 0 Å². The number of alkyl halides is 2. The van der Waals surface area contributed by atoms with E-state index < -0.39 is 0 Å². The Morgan fingerprint density at radius 2 is 1.38 bits per heavy atom. The second kappa shape index (κ2) is 26.5. The molecule has 0 heterocycles. The third kappa shape index (κ3) is 28.7. The third-order valence-electron chi connectivity index (χ3n) is 1.83. The molecular weight excluding hydrogens is 419 g/mol. The molecule has 1 aromatic carbocycles. The number of hydrogen-bond acceptors (Lipinski definition) is 4. The van der Waals surface area contributed by atoms with Crippen LogP contribution in [0.25, 0.3) is 0 Å². The predicted octanol–water partition coefficient (Wildman–Crippen LogP) is 1.24. The molecular formula is C19H34IO4-. The van der Waals surface area contributed by atoms with Crippen LogP contribution in [-0.2, 0) is 14.3 Å². The molecule has 1 aromatic rings. The first-order valence-electron chi connectivity index (χ1n) is 7.32. The summed E-state index contributed by atoms with van der Waals surface area (Å²) < 4.78 is 9.57. The molecule has 0 radical (unpaired) electrons. The predicted molar refractivity (Wildman–Crippen MR) is 99.3 cm³/mol. The minimum atomic E-state index is -0.0692. The van der Waals surface area contributed by atoms with Crippen molar-refractivity contribution < 1.29 is 40.3 Å². The molecule has 0 N–H and O–H groups in total. The molecule has 4 nitrogen and oxygen atoms in total. The molecule has 0 aliphatic rings. The van der Waals surface area contributed by atoms with Gasteiger partial charge in [-0.05, 0) is 18.1 Å². The van der Waals surface area contributed by atoms with Gasteiger partial charge in [-0.2, -0.15) is 0 Å². The maximum absolute atomic E-state index is 10.5. The van der Waals surface area contributed by atoms with Crippen LogP contribution < -0.4 is 25.9 Å². The van der Waals surface area contributed by atoms with Crippen LogP contribution >= 0.6 is 0 Å². The summed E-state index contributed by atoms with van der Waals surface area (Å²) in [5.41, 5.74) is 0. The molecule has 5 heteroatoms. The quantitative estimate of drug-likeness (QED) is 0.299. The first kappa shape index (κ1) is 30.5. The Balaban J connectivity index is -0.000000118. The first-order valence-corrected chi connectivity index (χ1v) is 10.7. The van der Waals surface area contributed by atoms with Gasteiger partial charge in [0.05, 0.1) is 7.11 Å². The molecule has 24 heavy (non-hydrogen) atoms. The third-order valence-corrected chi connectivity index (χ3v) is 4.21. The van der Waals surface area contributed by atoms with E-state index in [1.165, 1.54) is 7.11 Å². The van der Waals surface area contributed by atoms with E-state index in [0.717, 1.165) is 11.7 Å². The number of methoxy groups -OCH3 is 2. The zero-order chi connectivity index (χ0) is 20.0. The van der Waals surface area contributed by atoms with Gasteiger partial charge >= 0.3 is 59.6 Å². The molecule has 0 fully saturated rings. The average molecular weight is 453 g/mol. The van der Waals surface area contributed by atoms with Gasteiger partial charge in [0.15, 0.2) is 0 Å². The van der Waals surface area contributed by atoms with Crippen LogP contribution in [0.4, 0.5) is 0 Å². The fraction of sp³-hybridized carbons (Fsp3) is 0.474. The zero-order valence-corrected chi connectivity index (χ0v) is 18.3. The minimum absolute atomic E-state index is 0.0235. The van der Waals surface area contributed by atoms with Crippen molar-refractivity contribution in [2.45, 2.75) is 31.6 Å². The van der Waals surface area contributed by atoms with Crippen molar-refractivity contribution in [1.82, 2.24) is 0 Å². The van der Waals surface area contributed by atoms with Gasteiger partial charge in [0.2, 0.25) is 0 Å². The van der Waals surface area contributed by atoms with E-state index in [-0.39, 0.29) is 31.1 Å². The number of halogens is 1. The number of carbonyl (C=O) groups excluding carboxylic acids is 2. The molecule has 0 bridgehead atoms. The van der Waals surface area contributed by atoms with Crippen molar-refractivity contribution in [1.29, 1.82) is 0 Å². The molecule has 0 saturated heterocycles. The molecule has 0 aliphatic heterocycles. The normalized spacial score (nSPS) is 9.17. The van der Waals surface area contributed by atoms with Crippen LogP contribution in [0.1, 0.15) is 27.7 Å². The molecule has 0 amide bonds. The van der Waals surface area contributed by atoms with Crippen LogP contribution in [-0.4, -0.2) is 35.8 Å². The van der Waals surface area contributed by atoms with Crippen molar-refractivity contribution in [3.05, 3.63) is 43.5 Å². The molecule has 0 spiro atoms. The Labute approximate surface area is 158 Å². The van der Waals surface area contributed by atoms with Crippen LogP contribution in [0.2, 0.25) is 0 Å². The standard InChI is InChI=1S/C7H8O.C5H10IO2.C4H10.C2H4.CH2O/c1-8-7-5-3-2-4-6-7;1-4(6-2)5(7)8-3;1-4(2)3;2*1-2/h2-6H,1H3;4H,1-3H3;4H,1-3H3;1-2H2;1H2/q;-1;;;. The van der Waals surface area contributed by atoms with Crippen molar-refractivity contribution >= 4 is 12.8 Å². The van der Waals surface area contributed by atoms with E-state index in [2.05, 4.69) is 43.6 Å². The van der Waals surface area contributed by atoms with Crippen molar-refractivity contribution in [2.75, 3.05) is 19.2 Å².